The van der Waals surface area contributed by atoms with Crippen LogP contribution in [0.25, 0.3) is 0 Å². The fourth-order valence-electron chi connectivity index (χ4n) is 3.25. The summed E-state index contributed by atoms with van der Waals surface area (Å²) in [4.78, 5) is 38.4. The van der Waals surface area contributed by atoms with E-state index in [1.165, 1.54) is 0 Å². The molecule has 1 heterocycles. The highest BCUT2D eigenvalue weighted by molar-refractivity contribution is 5.96. The van der Waals surface area contributed by atoms with Crippen molar-refractivity contribution in [2.75, 3.05) is 18.4 Å². The number of piperidine rings is 1. The molecule has 1 saturated carbocycles. The first-order chi connectivity index (χ1) is 12.6. The fraction of sp³-hybridized carbons (Fsp3) is 0.550. The molecule has 0 spiro atoms. The molecular weight excluding hydrogens is 330 g/mol. The summed E-state index contributed by atoms with van der Waals surface area (Å²) in [5, 5.41) is 5.86. The van der Waals surface area contributed by atoms with Gasteiger partial charge in [0.25, 0.3) is 5.91 Å². The average Bonchev–Trinajstić information content (AvgIpc) is 3.46. The first kappa shape index (κ1) is 18.4. The molecule has 26 heavy (non-hydrogen) atoms. The summed E-state index contributed by atoms with van der Waals surface area (Å²) >= 11 is 0. The highest BCUT2D eigenvalue weighted by atomic mass is 16.2. The maximum absolute atomic E-state index is 12.7. The number of likely N-dealkylation sites (tertiary alicyclic amines) is 1. The molecule has 1 atom stereocenters. The van der Waals surface area contributed by atoms with Gasteiger partial charge in [0.2, 0.25) is 11.8 Å². The van der Waals surface area contributed by atoms with Gasteiger partial charge in [-0.05, 0) is 56.4 Å². The van der Waals surface area contributed by atoms with E-state index in [0.29, 0.717) is 36.8 Å². The van der Waals surface area contributed by atoms with E-state index in [0.717, 1.165) is 32.1 Å². The van der Waals surface area contributed by atoms with E-state index in [2.05, 4.69) is 10.6 Å². The first-order valence-corrected chi connectivity index (χ1v) is 9.56. The summed E-state index contributed by atoms with van der Waals surface area (Å²) in [5.41, 5.74) is 1.28. The second-order valence-corrected chi connectivity index (χ2v) is 7.25. The lowest BCUT2D eigenvalue weighted by Crippen LogP contribution is -2.45. The molecule has 2 fully saturated rings. The molecule has 1 aromatic rings. The highest BCUT2D eigenvalue weighted by Crippen LogP contribution is 2.23. The van der Waals surface area contributed by atoms with Crippen LogP contribution in [0, 0.1) is 5.92 Å². The van der Waals surface area contributed by atoms with Crippen molar-refractivity contribution >= 4 is 23.4 Å². The molecule has 6 nitrogen and oxygen atoms in total. The van der Waals surface area contributed by atoms with Gasteiger partial charge in [-0.1, -0.05) is 6.92 Å². The Kier molecular flexibility index (Phi) is 5.91. The molecule has 0 aromatic heterocycles. The summed E-state index contributed by atoms with van der Waals surface area (Å²) < 4.78 is 0. The van der Waals surface area contributed by atoms with Gasteiger partial charge in [-0.2, -0.15) is 0 Å². The predicted molar refractivity (Wildman–Crippen MR) is 99.8 cm³/mol. The van der Waals surface area contributed by atoms with Gasteiger partial charge in [-0.15, -0.1) is 0 Å². The normalized spacial score (nSPS) is 19.7. The maximum atomic E-state index is 12.7. The van der Waals surface area contributed by atoms with Crippen LogP contribution >= 0.6 is 0 Å². The molecule has 3 rings (SSSR count). The molecule has 1 aliphatic heterocycles. The van der Waals surface area contributed by atoms with Crippen molar-refractivity contribution in [1.82, 2.24) is 10.2 Å². The van der Waals surface area contributed by atoms with E-state index < -0.39 is 0 Å². The predicted octanol–water partition coefficient (Wildman–Crippen LogP) is 2.56. The number of amides is 3. The van der Waals surface area contributed by atoms with E-state index >= 15 is 0 Å². The Morgan fingerprint density at radius 3 is 2.50 bits per heavy atom. The lowest BCUT2D eigenvalue weighted by molar-refractivity contribution is -0.126. The van der Waals surface area contributed by atoms with E-state index in [1.807, 2.05) is 6.92 Å². The van der Waals surface area contributed by atoms with Gasteiger partial charge in [0, 0.05) is 36.8 Å². The summed E-state index contributed by atoms with van der Waals surface area (Å²) in [7, 11) is 0. The van der Waals surface area contributed by atoms with E-state index in [9.17, 15) is 14.4 Å². The fourth-order valence-corrected chi connectivity index (χ4v) is 3.25. The van der Waals surface area contributed by atoms with Crippen molar-refractivity contribution in [2.24, 2.45) is 5.92 Å². The lowest BCUT2D eigenvalue weighted by atomic mass is 9.96. The molecule has 2 N–H and O–H groups in total. The first-order valence-electron chi connectivity index (χ1n) is 9.56. The average molecular weight is 357 g/mol. The Morgan fingerprint density at radius 1 is 1.12 bits per heavy atom. The van der Waals surface area contributed by atoms with E-state index in [4.69, 9.17) is 0 Å². The Balaban J connectivity index is 1.57. The number of carbonyl (C=O) groups excluding carboxylic acids is 3. The molecule has 2 aliphatic rings. The minimum atomic E-state index is -0.110. The smallest absolute Gasteiger partial charge is 0.253 e. The van der Waals surface area contributed by atoms with Gasteiger partial charge in [0.15, 0.2) is 0 Å². The molecule has 1 aliphatic carbocycles. The van der Waals surface area contributed by atoms with Crippen molar-refractivity contribution in [3.63, 3.8) is 0 Å². The zero-order valence-electron chi connectivity index (χ0n) is 15.3. The van der Waals surface area contributed by atoms with Gasteiger partial charge in [0.1, 0.15) is 0 Å². The third kappa shape index (κ3) is 4.84. The van der Waals surface area contributed by atoms with E-state index in [1.54, 1.807) is 29.2 Å². The van der Waals surface area contributed by atoms with Crippen LogP contribution in [-0.2, 0) is 9.59 Å². The highest BCUT2D eigenvalue weighted by Gasteiger charge is 2.32. The van der Waals surface area contributed by atoms with E-state index in [-0.39, 0.29) is 23.6 Å². The van der Waals surface area contributed by atoms with Gasteiger partial charge in [-0.3, -0.25) is 14.4 Å². The van der Waals surface area contributed by atoms with Gasteiger partial charge >= 0.3 is 0 Å². The summed E-state index contributed by atoms with van der Waals surface area (Å²) in [5.74, 6) is -0.104. The molecule has 140 valence electrons. The molecule has 0 radical (unpaired) electrons. The molecule has 0 unspecified atom stereocenters. The minimum absolute atomic E-state index is 0.0212. The Hall–Kier alpha value is -2.37. The quantitative estimate of drug-likeness (QED) is 0.821. The largest absolute Gasteiger partial charge is 0.353 e. The number of benzene rings is 1. The van der Waals surface area contributed by atoms with Gasteiger partial charge in [-0.25, -0.2) is 0 Å². The van der Waals surface area contributed by atoms with Gasteiger partial charge < -0.3 is 15.5 Å². The number of hydrogen-bond acceptors (Lipinski definition) is 3. The number of nitrogens with zero attached hydrogens (tertiary/aromatic N) is 1. The Morgan fingerprint density at radius 2 is 1.85 bits per heavy atom. The number of nitrogens with one attached hydrogen (secondary N) is 2. The summed E-state index contributed by atoms with van der Waals surface area (Å²) in [6, 6.07) is 7.32. The molecule has 1 saturated heterocycles. The topological polar surface area (TPSA) is 78.5 Å². The Labute approximate surface area is 154 Å². The van der Waals surface area contributed by atoms with Crippen LogP contribution < -0.4 is 10.6 Å². The zero-order chi connectivity index (χ0) is 18.5. The molecule has 3 amide bonds. The summed E-state index contributed by atoms with van der Waals surface area (Å²) in [6.45, 7) is 3.12. The van der Waals surface area contributed by atoms with Crippen molar-refractivity contribution in [3.05, 3.63) is 29.8 Å². The molecule has 1 aromatic carbocycles. The molecule has 6 heteroatoms. The number of hydrogen-bond donors (Lipinski definition) is 2. The second kappa shape index (κ2) is 8.34. The van der Waals surface area contributed by atoms with Crippen molar-refractivity contribution in [3.8, 4) is 0 Å². The third-order valence-corrected chi connectivity index (χ3v) is 4.90. The lowest BCUT2D eigenvalue weighted by Gasteiger charge is -2.32. The van der Waals surface area contributed by atoms with Crippen molar-refractivity contribution in [1.29, 1.82) is 0 Å². The van der Waals surface area contributed by atoms with Crippen LogP contribution in [0.2, 0.25) is 0 Å². The van der Waals surface area contributed by atoms with Crippen LogP contribution in [0.5, 0.6) is 0 Å². The Bertz CT molecular complexity index is 667. The zero-order valence-corrected chi connectivity index (χ0v) is 15.3. The van der Waals surface area contributed by atoms with Crippen molar-refractivity contribution < 1.29 is 14.4 Å². The molecule has 0 bridgehead atoms. The van der Waals surface area contributed by atoms with Crippen LogP contribution in [0.3, 0.4) is 0 Å². The van der Waals surface area contributed by atoms with Crippen LogP contribution in [0.1, 0.15) is 55.8 Å². The molecular formula is C20H27N3O3. The maximum Gasteiger partial charge on any atom is 0.253 e. The van der Waals surface area contributed by atoms with Crippen LogP contribution in [-0.4, -0.2) is 41.8 Å². The number of anilines is 1. The monoisotopic (exact) mass is 357 g/mol. The second-order valence-electron chi connectivity index (χ2n) is 7.25. The third-order valence-electron chi connectivity index (χ3n) is 4.90. The number of carbonyl (C=O) groups is 3. The van der Waals surface area contributed by atoms with Crippen LogP contribution in [0.4, 0.5) is 5.69 Å². The minimum Gasteiger partial charge on any atom is -0.353 e. The SMILES string of the molecule is CCCC(=O)Nc1ccc(C(=O)N2CCC[C@H](C(=O)NC3CC3)C2)cc1. The number of rotatable bonds is 6. The van der Waals surface area contributed by atoms with Crippen molar-refractivity contribution in [2.45, 2.75) is 51.5 Å². The summed E-state index contributed by atoms with van der Waals surface area (Å²) in [6.07, 6.45) is 5.11. The van der Waals surface area contributed by atoms with Crippen LogP contribution in [0.15, 0.2) is 24.3 Å². The van der Waals surface area contributed by atoms with Gasteiger partial charge in [0.05, 0.1) is 5.92 Å². The standard InChI is InChI=1S/C20H27N3O3/c1-2-4-18(24)21-16-8-6-14(7-9-16)20(26)23-12-3-5-15(13-23)19(25)22-17-10-11-17/h6-9,15,17H,2-5,10-13H2,1H3,(H,21,24)(H,22,25)/t15-/m0/s1.